The van der Waals surface area contributed by atoms with Gasteiger partial charge in [-0.1, -0.05) is 24.3 Å². The van der Waals surface area contributed by atoms with Crippen molar-refractivity contribution in [1.82, 2.24) is 4.98 Å². The number of ether oxygens (including phenoxy) is 1. The summed E-state index contributed by atoms with van der Waals surface area (Å²) in [4.78, 5) is 38.7. The van der Waals surface area contributed by atoms with Crippen molar-refractivity contribution in [3.63, 3.8) is 0 Å². The highest BCUT2D eigenvalue weighted by Crippen LogP contribution is 2.17. The summed E-state index contributed by atoms with van der Waals surface area (Å²) in [5.74, 6) is -1.91. The molecule has 0 aliphatic rings. The van der Waals surface area contributed by atoms with E-state index in [1.807, 2.05) is 0 Å². The van der Waals surface area contributed by atoms with Crippen molar-refractivity contribution in [2.45, 2.75) is 13.0 Å². The molecule has 6 nitrogen and oxygen atoms in total. The summed E-state index contributed by atoms with van der Waals surface area (Å²) in [5, 5.41) is 9.67. The average Bonchev–Trinajstić information content (AvgIpc) is 2.79. The highest BCUT2D eigenvalue weighted by molar-refractivity contribution is 5.94. The summed E-state index contributed by atoms with van der Waals surface area (Å²) in [6.07, 6.45) is 0.310. The minimum atomic E-state index is -1.01. The van der Waals surface area contributed by atoms with Gasteiger partial charge in [0.15, 0.2) is 0 Å². The molecule has 0 atom stereocenters. The number of rotatable bonds is 6. The number of aromatic carboxylic acids is 1. The first-order valence-corrected chi connectivity index (χ1v) is 9.79. The smallest absolute Gasteiger partial charge is 0.338 e. The molecule has 0 unspecified atom stereocenters. The molecular formula is C25H18FNO5. The number of fused-ring (bicyclic) bond motifs is 1. The average molecular weight is 431 g/mol. The largest absolute Gasteiger partial charge is 0.478 e. The van der Waals surface area contributed by atoms with Gasteiger partial charge in [-0.3, -0.25) is 4.79 Å². The number of halogens is 1. The fraction of sp³-hybridized carbons (Fsp3) is 0.0800. The predicted molar refractivity (Wildman–Crippen MR) is 116 cm³/mol. The molecule has 2 N–H and O–H groups in total. The number of aromatic nitrogens is 1. The summed E-state index contributed by atoms with van der Waals surface area (Å²) in [5.41, 5.74) is 2.75. The summed E-state index contributed by atoms with van der Waals surface area (Å²) >= 11 is 0. The number of benzene rings is 3. The maximum Gasteiger partial charge on any atom is 0.338 e. The van der Waals surface area contributed by atoms with E-state index in [1.54, 1.807) is 48.5 Å². The van der Waals surface area contributed by atoms with Crippen molar-refractivity contribution in [3.8, 4) is 0 Å². The van der Waals surface area contributed by atoms with Gasteiger partial charge in [0.2, 0.25) is 0 Å². The molecule has 0 saturated carbocycles. The lowest BCUT2D eigenvalue weighted by Crippen LogP contribution is -2.13. The van der Waals surface area contributed by atoms with Crippen molar-refractivity contribution in [3.05, 3.63) is 117 Å². The van der Waals surface area contributed by atoms with Gasteiger partial charge < -0.3 is 14.8 Å². The van der Waals surface area contributed by atoms with Crippen LogP contribution in [0.2, 0.25) is 0 Å². The number of carboxylic acids is 1. The minimum Gasteiger partial charge on any atom is -0.478 e. The van der Waals surface area contributed by atoms with Crippen molar-refractivity contribution in [1.29, 1.82) is 0 Å². The second kappa shape index (κ2) is 8.85. The van der Waals surface area contributed by atoms with Crippen LogP contribution in [0, 0.1) is 5.82 Å². The Morgan fingerprint density at radius 3 is 2.22 bits per heavy atom. The van der Waals surface area contributed by atoms with Gasteiger partial charge >= 0.3 is 11.9 Å². The number of hydrogen-bond donors (Lipinski definition) is 2. The molecule has 4 rings (SSSR count). The second-order valence-corrected chi connectivity index (χ2v) is 7.31. The van der Waals surface area contributed by atoms with Crippen molar-refractivity contribution in [2.24, 2.45) is 0 Å². The topological polar surface area (TPSA) is 96.5 Å². The Hall–Kier alpha value is -4.26. The SMILES string of the molecule is O=C(O)c1ccc(Cc2cc3cc(C(=O)OCc4ccc(F)cc4)ccc3[nH]c2=O)cc1. The molecule has 3 aromatic carbocycles. The first-order chi connectivity index (χ1) is 15.4. The number of carbonyl (C=O) groups is 2. The predicted octanol–water partition coefficient (Wildman–Crippen LogP) is 4.31. The summed E-state index contributed by atoms with van der Waals surface area (Å²) in [6.45, 7) is 0.0142. The molecule has 0 aliphatic heterocycles. The highest BCUT2D eigenvalue weighted by atomic mass is 19.1. The van der Waals surface area contributed by atoms with Crippen LogP contribution in [0.3, 0.4) is 0 Å². The van der Waals surface area contributed by atoms with Gasteiger partial charge in [0, 0.05) is 17.5 Å². The molecule has 0 bridgehead atoms. The lowest BCUT2D eigenvalue weighted by molar-refractivity contribution is 0.0472. The Kier molecular flexibility index (Phi) is 5.81. The van der Waals surface area contributed by atoms with E-state index in [0.717, 1.165) is 5.56 Å². The Morgan fingerprint density at radius 2 is 1.53 bits per heavy atom. The van der Waals surface area contributed by atoms with Crippen LogP contribution < -0.4 is 5.56 Å². The van der Waals surface area contributed by atoms with Gasteiger partial charge in [-0.15, -0.1) is 0 Å². The van der Waals surface area contributed by atoms with Crippen LogP contribution >= 0.6 is 0 Å². The van der Waals surface area contributed by atoms with E-state index in [4.69, 9.17) is 9.84 Å². The maximum absolute atomic E-state index is 13.0. The molecule has 32 heavy (non-hydrogen) atoms. The van der Waals surface area contributed by atoms with Crippen LogP contribution in [0.15, 0.2) is 77.6 Å². The Bertz CT molecular complexity index is 1360. The number of esters is 1. The number of carboxylic acid groups (broad SMARTS) is 1. The Labute approximate surface area is 181 Å². The molecule has 0 spiro atoms. The fourth-order valence-electron chi connectivity index (χ4n) is 3.31. The minimum absolute atomic E-state index is 0.0142. The van der Waals surface area contributed by atoms with E-state index in [2.05, 4.69) is 4.98 Å². The molecule has 4 aromatic rings. The summed E-state index contributed by atoms with van der Waals surface area (Å²) in [6, 6.07) is 18.5. The van der Waals surface area contributed by atoms with Crippen molar-refractivity contribution >= 4 is 22.8 Å². The van der Waals surface area contributed by atoms with Gasteiger partial charge in [0.25, 0.3) is 5.56 Å². The number of H-pyrrole nitrogens is 1. The van der Waals surface area contributed by atoms with Crippen LogP contribution in [0.5, 0.6) is 0 Å². The van der Waals surface area contributed by atoms with Crippen LogP contribution in [0.25, 0.3) is 10.9 Å². The molecule has 1 heterocycles. The highest BCUT2D eigenvalue weighted by Gasteiger charge is 2.11. The zero-order valence-electron chi connectivity index (χ0n) is 16.8. The van der Waals surface area contributed by atoms with E-state index < -0.39 is 11.9 Å². The number of pyridine rings is 1. The van der Waals surface area contributed by atoms with Crippen molar-refractivity contribution < 1.29 is 23.8 Å². The fourth-order valence-corrected chi connectivity index (χ4v) is 3.31. The molecule has 0 radical (unpaired) electrons. The molecule has 0 amide bonds. The van der Waals surface area contributed by atoms with Gasteiger partial charge in [-0.2, -0.15) is 0 Å². The van der Waals surface area contributed by atoms with E-state index in [1.165, 1.54) is 24.3 Å². The third-order valence-electron chi connectivity index (χ3n) is 5.04. The van der Waals surface area contributed by atoms with Crippen LogP contribution in [-0.4, -0.2) is 22.0 Å². The Morgan fingerprint density at radius 1 is 0.875 bits per heavy atom. The lowest BCUT2D eigenvalue weighted by Gasteiger charge is -2.08. The summed E-state index contributed by atoms with van der Waals surface area (Å²) in [7, 11) is 0. The van der Waals surface area contributed by atoms with Gasteiger partial charge in [0.1, 0.15) is 12.4 Å². The molecule has 160 valence electrons. The lowest BCUT2D eigenvalue weighted by atomic mass is 10.0. The van der Waals surface area contributed by atoms with Gasteiger partial charge in [-0.05, 0) is 65.0 Å². The monoisotopic (exact) mass is 431 g/mol. The van der Waals surface area contributed by atoms with E-state index in [-0.39, 0.29) is 23.5 Å². The zero-order valence-corrected chi connectivity index (χ0v) is 16.8. The normalized spacial score (nSPS) is 10.8. The maximum atomic E-state index is 13.0. The number of aromatic amines is 1. The van der Waals surface area contributed by atoms with E-state index >= 15 is 0 Å². The van der Waals surface area contributed by atoms with Gasteiger partial charge in [0.05, 0.1) is 11.1 Å². The Balaban J connectivity index is 1.54. The third kappa shape index (κ3) is 4.73. The van der Waals surface area contributed by atoms with Crippen LogP contribution in [0.1, 0.15) is 37.4 Å². The first-order valence-electron chi connectivity index (χ1n) is 9.79. The molecular weight excluding hydrogens is 413 g/mol. The number of nitrogens with one attached hydrogen (secondary N) is 1. The molecule has 1 aromatic heterocycles. The standard InChI is InChI=1S/C25H18FNO5/c26-21-8-3-16(4-9-21)14-32-25(31)18-7-10-22-19(12-18)13-20(23(28)27-22)11-15-1-5-17(6-2-15)24(29)30/h1-10,12-13H,11,14H2,(H,27,28)(H,29,30). The summed E-state index contributed by atoms with van der Waals surface area (Å²) < 4.78 is 18.3. The zero-order chi connectivity index (χ0) is 22.7. The number of carbonyl (C=O) groups excluding carboxylic acids is 1. The molecule has 7 heteroatoms. The van der Waals surface area contributed by atoms with E-state index in [0.29, 0.717) is 34.0 Å². The molecule has 0 aliphatic carbocycles. The van der Waals surface area contributed by atoms with E-state index in [9.17, 15) is 18.8 Å². The molecule has 0 fully saturated rings. The van der Waals surface area contributed by atoms with Crippen LogP contribution in [-0.2, 0) is 17.8 Å². The van der Waals surface area contributed by atoms with Crippen molar-refractivity contribution in [2.75, 3.05) is 0 Å². The van der Waals surface area contributed by atoms with Gasteiger partial charge in [-0.25, -0.2) is 14.0 Å². The number of hydrogen-bond acceptors (Lipinski definition) is 4. The second-order valence-electron chi connectivity index (χ2n) is 7.31. The molecule has 0 saturated heterocycles. The quantitative estimate of drug-likeness (QED) is 0.444. The third-order valence-corrected chi connectivity index (χ3v) is 5.04. The van der Waals surface area contributed by atoms with Crippen LogP contribution in [0.4, 0.5) is 4.39 Å². The first kappa shape index (κ1) is 21.0.